The summed E-state index contributed by atoms with van der Waals surface area (Å²) < 4.78 is 5.30. The van der Waals surface area contributed by atoms with Crippen LogP contribution in [-0.4, -0.2) is 56.1 Å². The molecule has 6 nitrogen and oxygen atoms in total. The Morgan fingerprint density at radius 1 is 1.14 bits per heavy atom. The monoisotopic (exact) mass is 333 g/mol. The molecular formula is C15H28ClN3O3. The van der Waals surface area contributed by atoms with Gasteiger partial charge in [0.1, 0.15) is 0 Å². The molecule has 0 radical (unpaired) electrons. The maximum atomic E-state index is 12.3. The molecule has 0 aromatic heterocycles. The number of hydrogen-bond donors (Lipinski definition) is 2. The number of piperidine rings is 1. The molecule has 0 unspecified atom stereocenters. The van der Waals surface area contributed by atoms with E-state index in [1.165, 1.54) is 6.42 Å². The predicted octanol–water partition coefficient (Wildman–Crippen LogP) is 0.682. The van der Waals surface area contributed by atoms with Gasteiger partial charge in [0.2, 0.25) is 11.8 Å². The summed E-state index contributed by atoms with van der Waals surface area (Å²) in [5.74, 6) is 0.114. The fourth-order valence-electron chi connectivity index (χ4n) is 3.06. The topological polar surface area (TPSA) is 84.7 Å². The summed E-state index contributed by atoms with van der Waals surface area (Å²) in [5, 5.41) is 2.89. The number of rotatable bonds is 5. The van der Waals surface area contributed by atoms with Crippen molar-refractivity contribution in [1.29, 1.82) is 0 Å². The van der Waals surface area contributed by atoms with Crippen molar-refractivity contribution in [3.63, 3.8) is 0 Å². The highest BCUT2D eigenvalue weighted by molar-refractivity contribution is 5.85. The largest absolute Gasteiger partial charge is 0.381 e. The van der Waals surface area contributed by atoms with Crippen molar-refractivity contribution in [2.75, 3.05) is 39.4 Å². The summed E-state index contributed by atoms with van der Waals surface area (Å²) in [6.45, 7) is 3.61. The maximum absolute atomic E-state index is 12.3. The van der Waals surface area contributed by atoms with E-state index in [1.54, 1.807) is 0 Å². The molecule has 2 fully saturated rings. The van der Waals surface area contributed by atoms with Crippen molar-refractivity contribution < 1.29 is 14.3 Å². The molecule has 0 saturated carbocycles. The zero-order valence-electron chi connectivity index (χ0n) is 13.1. The molecular weight excluding hydrogens is 306 g/mol. The lowest BCUT2D eigenvalue weighted by molar-refractivity contribution is -0.136. The number of nitrogens with two attached hydrogens (primary N) is 1. The molecule has 0 aromatic carbocycles. The minimum absolute atomic E-state index is 0. The first-order chi connectivity index (χ1) is 10.2. The highest BCUT2D eigenvalue weighted by Crippen LogP contribution is 2.29. The summed E-state index contributed by atoms with van der Waals surface area (Å²) in [6, 6.07) is 0. The first-order valence-electron chi connectivity index (χ1n) is 8.02. The molecule has 2 amide bonds. The molecule has 2 heterocycles. The molecule has 0 spiro atoms. The summed E-state index contributed by atoms with van der Waals surface area (Å²) >= 11 is 0. The Kier molecular flexibility index (Phi) is 8.14. The first-order valence-corrected chi connectivity index (χ1v) is 8.02. The van der Waals surface area contributed by atoms with Crippen LogP contribution in [0.3, 0.4) is 0 Å². The van der Waals surface area contributed by atoms with E-state index in [-0.39, 0.29) is 24.2 Å². The Morgan fingerprint density at radius 3 is 2.36 bits per heavy atom. The molecule has 2 saturated heterocycles. The molecule has 0 aromatic rings. The fraction of sp³-hybridized carbons (Fsp3) is 0.867. The first kappa shape index (κ1) is 19.2. The number of amides is 2. The van der Waals surface area contributed by atoms with E-state index >= 15 is 0 Å². The van der Waals surface area contributed by atoms with Crippen LogP contribution in [0, 0.1) is 5.41 Å². The molecule has 0 bridgehead atoms. The third-order valence-electron chi connectivity index (χ3n) is 4.66. The molecule has 3 N–H and O–H groups in total. The second-order valence-electron chi connectivity index (χ2n) is 6.04. The lowest BCUT2D eigenvalue weighted by Crippen LogP contribution is -2.49. The van der Waals surface area contributed by atoms with Crippen LogP contribution in [0.5, 0.6) is 0 Å². The molecule has 2 aliphatic heterocycles. The van der Waals surface area contributed by atoms with Crippen molar-refractivity contribution in [1.82, 2.24) is 10.2 Å². The van der Waals surface area contributed by atoms with E-state index in [9.17, 15) is 9.59 Å². The molecule has 7 heteroatoms. The van der Waals surface area contributed by atoms with Gasteiger partial charge in [-0.3, -0.25) is 9.59 Å². The number of carbonyl (C=O) groups is 2. The van der Waals surface area contributed by atoms with Gasteiger partial charge in [-0.1, -0.05) is 0 Å². The van der Waals surface area contributed by atoms with Gasteiger partial charge in [0, 0.05) is 45.8 Å². The average Bonchev–Trinajstić information content (AvgIpc) is 2.56. The van der Waals surface area contributed by atoms with Gasteiger partial charge in [0.05, 0.1) is 5.41 Å². The Labute approximate surface area is 138 Å². The standard InChI is InChI=1S/C15H27N3O3.ClH/c16-12-15(5-10-21-11-6-15)14(20)17-7-4-13(19)18-8-2-1-3-9-18;/h1-12,16H2,(H,17,20);1H. The Balaban J connectivity index is 0.00000242. The Bertz CT molecular complexity index is 367. The van der Waals surface area contributed by atoms with Crippen LogP contribution in [0.15, 0.2) is 0 Å². The molecule has 2 aliphatic rings. The van der Waals surface area contributed by atoms with Gasteiger partial charge in [0.25, 0.3) is 0 Å². The number of ether oxygens (including phenoxy) is 1. The van der Waals surface area contributed by atoms with Crippen LogP contribution in [0.4, 0.5) is 0 Å². The van der Waals surface area contributed by atoms with Gasteiger partial charge in [-0.15, -0.1) is 12.4 Å². The van der Waals surface area contributed by atoms with Crippen molar-refractivity contribution in [3.8, 4) is 0 Å². The smallest absolute Gasteiger partial charge is 0.227 e. The quantitative estimate of drug-likeness (QED) is 0.775. The van der Waals surface area contributed by atoms with Gasteiger partial charge >= 0.3 is 0 Å². The fourth-order valence-corrected chi connectivity index (χ4v) is 3.06. The highest BCUT2D eigenvalue weighted by atomic mass is 35.5. The zero-order valence-corrected chi connectivity index (χ0v) is 14.0. The number of carbonyl (C=O) groups excluding carboxylic acids is 2. The lowest BCUT2D eigenvalue weighted by Gasteiger charge is -2.34. The number of halogens is 1. The predicted molar refractivity (Wildman–Crippen MR) is 86.8 cm³/mol. The summed E-state index contributed by atoms with van der Waals surface area (Å²) in [7, 11) is 0. The second kappa shape index (κ2) is 9.33. The number of hydrogen-bond acceptors (Lipinski definition) is 4. The Hall–Kier alpha value is -0.850. The van der Waals surface area contributed by atoms with E-state index in [1.807, 2.05) is 4.90 Å². The van der Waals surface area contributed by atoms with E-state index in [0.717, 1.165) is 25.9 Å². The van der Waals surface area contributed by atoms with Crippen LogP contribution in [0.2, 0.25) is 0 Å². The number of nitrogens with zero attached hydrogens (tertiary/aromatic N) is 1. The van der Waals surface area contributed by atoms with Crippen molar-refractivity contribution in [2.24, 2.45) is 11.1 Å². The van der Waals surface area contributed by atoms with Crippen LogP contribution in [0.1, 0.15) is 38.5 Å². The van der Waals surface area contributed by atoms with E-state index in [4.69, 9.17) is 10.5 Å². The summed E-state index contributed by atoms with van der Waals surface area (Å²) in [6.07, 6.45) is 5.10. The molecule has 2 rings (SSSR count). The highest BCUT2D eigenvalue weighted by Gasteiger charge is 2.38. The van der Waals surface area contributed by atoms with E-state index in [0.29, 0.717) is 45.6 Å². The number of likely N-dealkylation sites (tertiary alicyclic amines) is 1. The second-order valence-corrected chi connectivity index (χ2v) is 6.04. The zero-order chi connectivity index (χ0) is 15.1. The molecule has 128 valence electrons. The normalized spacial score (nSPS) is 20.9. The molecule has 22 heavy (non-hydrogen) atoms. The van der Waals surface area contributed by atoms with Gasteiger partial charge in [-0.05, 0) is 32.1 Å². The van der Waals surface area contributed by atoms with Crippen LogP contribution in [0.25, 0.3) is 0 Å². The minimum Gasteiger partial charge on any atom is -0.381 e. The Morgan fingerprint density at radius 2 is 1.77 bits per heavy atom. The third-order valence-corrected chi connectivity index (χ3v) is 4.66. The molecule has 0 aliphatic carbocycles. The van der Waals surface area contributed by atoms with E-state index in [2.05, 4.69) is 5.32 Å². The van der Waals surface area contributed by atoms with Crippen LogP contribution in [-0.2, 0) is 14.3 Å². The molecule has 0 atom stereocenters. The van der Waals surface area contributed by atoms with Gasteiger partial charge in [-0.25, -0.2) is 0 Å². The summed E-state index contributed by atoms with van der Waals surface area (Å²) in [4.78, 5) is 26.3. The minimum atomic E-state index is -0.508. The van der Waals surface area contributed by atoms with Crippen molar-refractivity contribution in [3.05, 3.63) is 0 Å². The average molecular weight is 334 g/mol. The van der Waals surface area contributed by atoms with Gasteiger partial charge in [-0.2, -0.15) is 0 Å². The van der Waals surface area contributed by atoms with E-state index < -0.39 is 5.41 Å². The third kappa shape index (κ3) is 4.83. The number of nitrogens with one attached hydrogen (secondary N) is 1. The van der Waals surface area contributed by atoms with Gasteiger partial charge < -0.3 is 20.7 Å². The van der Waals surface area contributed by atoms with Crippen molar-refractivity contribution in [2.45, 2.75) is 38.5 Å². The van der Waals surface area contributed by atoms with Crippen molar-refractivity contribution >= 4 is 24.2 Å². The van der Waals surface area contributed by atoms with Crippen LogP contribution < -0.4 is 11.1 Å². The van der Waals surface area contributed by atoms with Gasteiger partial charge in [0.15, 0.2) is 0 Å². The maximum Gasteiger partial charge on any atom is 0.227 e. The van der Waals surface area contributed by atoms with Crippen LogP contribution >= 0.6 is 12.4 Å². The summed E-state index contributed by atoms with van der Waals surface area (Å²) in [5.41, 5.74) is 5.29. The lowest BCUT2D eigenvalue weighted by atomic mass is 9.79. The SMILES string of the molecule is Cl.NCC1(C(=O)NCCC(=O)N2CCCCC2)CCOCC1.